The SMILES string of the molecule is Cc1ccc(NS(=O)(=O)c2ccc(NC(=O)C(C)Oc3ccccc3C)cc2)cc1. The first-order valence-electron chi connectivity index (χ1n) is 9.47. The summed E-state index contributed by atoms with van der Waals surface area (Å²) in [6.07, 6.45) is -0.710. The molecule has 30 heavy (non-hydrogen) atoms. The molecule has 7 heteroatoms. The molecule has 2 N–H and O–H groups in total. The summed E-state index contributed by atoms with van der Waals surface area (Å²) in [5.41, 5.74) is 2.95. The van der Waals surface area contributed by atoms with E-state index in [-0.39, 0.29) is 10.8 Å². The monoisotopic (exact) mass is 424 g/mol. The van der Waals surface area contributed by atoms with Gasteiger partial charge in [-0.2, -0.15) is 0 Å². The van der Waals surface area contributed by atoms with Gasteiger partial charge in [-0.25, -0.2) is 8.42 Å². The molecule has 0 aromatic heterocycles. The number of para-hydroxylation sites is 1. The molecule has 0 heterocycles. The molecule has 1 unspecified atom stereocenters. The van der Waals surface area contributed by atoms with Gasteiger partial charge in [0.05, 0.1) is 4.90 Å². The van der Waals surface area contributed by atoms with Crippen molar-refractivity contribution in [3.8, 4) is 5.75 Å². The van der Waals surface area contributed by atoms with Crippen LogP contribution < -0.4 is 14.8 Å². The summed E-state index contributed by atoms with van der Waals surface area (Å²) in [5.74, 6) is 0.315. The van der Waals surface area contributed by atoms with Crippen molar-refractivity contribution < 1.29 is 17.9 Å². The van der Waals surface area contributed by atoms with E-state index in [4.69, 9.17) is 4.74 Å². The Kier molecular flexibility index (Phi) is 6.42. The Morgan fingerprint density at radius 3 is 2.10 bits per heavy atom. The van der Waals surface area contributed by atoms with Crippen molar-refractivity contribution in [2.75, 3.05) is 10.0 Å². The highest BCUT2D eigenvalue weighted by molar-refractivity contribution is 7.92. The van der Waals surface area contributed by atoms with E-state index in [2.05, 4.69) is 10.0 Å². The van der Waals surface area contributed by atoms with E-state index in [1.807, 2.05) is 44.2 Å². The zero-order valence-corrected chi connectivity index (χ0v) is 17.9. The average Bonchev–Trinajstić information content (AvgIpc) is 2.71. The number of sulfonamides is 1. The van der Waals surface area contributed by atoms with E-state index in [1.54, 1.807) is 37.3 Å². The number of amides is 1. The van der Waals surface area contributed by atoms with E-state index < -0.39 is 16.1 Å². The number of hydrogen-bond donors (Lipinski definition) is 2. The molecule has 3 rings (SSSR count). The van der Waals surface area contributed by atoms with Gasteiger partial charge in [-0.1, -0.05) is 35.9 Å². The van der Waals surface area contributed by atoms with Gasteiger partial charge in [0.15, 0.2) is 6.10 Å². The van der Waals surface area contributed by atoms with Crippen LogP contribution in [-0.4, -0.2) is 20.4 Å². The van der Waals surface area contributed by atoms with Gasteiger partial charge in [0.1, 0.15) is 5.75 Å². The maximum atomic E-state index is 12.5. The lowest BCUT2D eigenvalue weighted by atomic mass is 10.2. The van der Waals surface area contributed by atoms with E-state index in [0.717, 1.165) is 11.1 Å². The van der Waals surface area contributed by atoms with E-state index in [9.17, 15) is 13.2 Å². The third kappa shape index (κ3) is 5.39. The Labute approximate surface area is 177 Å². The first-order chi connectivity index (χ1) is 14.2. The highest BCUT2D eigenvalue weighted by Crippen LogP contribution is 2.20. The van der Waals surface area contributed by atoms with Crippen molar-refractivity contribution >= 4 is 27.3 Å². The van der Waals surface area contributed by atoms with Gasteiger partial charge >= 0.3 is 0 Å². The molecule has 0 saturated carbocycles. The predicted molar refractivity (Wildman–Crippen MR) is 118 cm³/mol. The fourth-order valence-corrected chi connectivity index (χ4v) is 3.79. The van der Waals surface area contributed by atoms with Gasteiger partial charge < -0.3 is 10.1 Å². The van der Waals surface area contributed by atoms with Crippen LogP contribution >= 0.6 is 0 Å². The van der Waals surface area contributed by atoms with Crippen molar-refractivity contribution in [2.24, 2.45) is 0 Å². The Hall–Kier alpha value is -3.32. The largest absolute Gasteiger partial charge is 0.481 e. The molecular formula is C23H24N2O4S. The second-order valence-corrected chi connectivity index (χ2v) is 8.69. The zero-order chi connectivity index (χ0) is 21.7. The molecule has 0 radical (unpaired) electrons. The van der Waals surface area contributed by atoms with Crippen LogP contribution in [0.4, 0.5) is 11.4 Å². The topological polar surface area (TPSA) is 84.5 Å². The molecule has 1 atom stereocenters. The minimum atomic E-state index is -3.72. The van der Waals surface area contributed by atoms with Gasteiger partial charge in [0.25, 0.3) is 15.9 Å². The van der Waals surface area contributed by atoms with Crippen molar-refractivity contribution in [1.29, 1.82) is 0 Å². The van der Waals surface area contributed by atoms with E-state index >= 15 is 0 Å². The number of nitrogens with one attached hydrogen (secondary N) is 2. The first kappa shape index (κ1) is 21.4. The summed E-state index contributed by atoms with van der Waals surface area (Å²) >= 11 is 0. The maximum Gasteiger partial charge on any atom is 0.265 e. The molecule has 0 aliphatic carbocycles. The van der Waals surface area contributed by atoms with Crippen LogP contribution in [0.15, 0.2) is 77.7 Å². The molecule has 3 aromatic carbocycles. The van der Waals surface area contributed by atoms with Crippen molar-refractivity contribution in [1.82, 2.24) is 0 Å². The number of ether oxygens (including phenoxy) is 1. The van der Waals surface area contributed by atoms with Crippen LogP contribution in [0.1, 0.15) is 18.1 Å². The van der Waals surface area contributed by atoms with Gasteiger partial charge in [0.2, 0.25) is 0 Å². The molecule has 1 amide bonds. The highest BCUT2D eigenvalue weighted by atomic mass is 32.2. The molecular weight excluding hydrogens is 400 g/mol. The number of rotatable bonds is 7. The highest BCUT2D eigenvalue weighted by Gasteiger charge is 2.17. The van der Waals surface area contributed by atoms with Crippen LogP contribution in [0, 0.1) is 13.8 Å². The average molecular weight is 425 g/mol. The lowest BCUT2D eigenvalue weighted by Gasteiger charge is -2.16. The fourth-order valence-electron chi connectivity index (χ4n) is 2.73. The lowest BCUT2D eigenvalue weighted by Crippen LogP contribution is -2.30. The summed E-state index contributed by atoms with van der Waals surface area (Å²) in [4.78, 5) is 12.5. The van der Waals surface area contributed by atoms with E-state index in [0.29, 0.717) is 17.1 Å². The second kappa shape index (κ2) is 9.00. The Balaban J connectivity index is 1.64. The quantitative estimate of drug-likeness (QED) is 0.584. The van der Waals surface area contributed by atoms with E-state index in [1.165, 1.54) is 12.1 Å². The fraction of sp³-hybridized carbons (Fsp3) is 0.174. The molecule has 0 aliphatic heterocycles. The molecule has 0 fully saturated rings. The normalized spacial score (nSPS) is 12.1. The van der Waals surface area contributed by atoms with Crippen molar-refractivity contribution in [2.45, 2.75) is 31.8 Å². The van der Waals surface area contributed by atoms with Crippen LogP contribution in [0.25, 0.3) is 0 Å². The summed E-state index contributed by atoms with van der Waals surface area (Å²) in [7, 11) is -3.72. The van der Waals surface area contributed by atoms with Gasteiger partial charge in [-0.3, -0.25) is 9.52 Å². The molecule has 3 aromatic rings. The lowest BCUT2D eigenvalue weighted by molar-refractivity contribution is -0.122. The first-order valence-corrected chi connectivity index (χ1v) is 11.0. The van der Waals surface area contributed by atoms with Crippen LogP contribution in [0.5, 0.6) is 5.75 Å². The number of hydrogen-bond acceptors (Lipinski definition) is 4. The van der Waals surface area contributed by atoms with Gasteiger partial charge in [-0.05, 0) is 68.8 Å². The van der Waals surface area contributed by atoms with Crippen LogP contribution in [0.2, 0.25) is 0 Å². The Morgan fingerprint density at radius 1 is 0.867 bits per heavy atom. The van der Waals surface area contributed by atoms with Gasteiger partial charge in [-0.15, -0.1) is 0 Å². The van der Waals surface area contributed by atoms with Gasteiger partial charge in [0, 0.05) is 11.4 Å². The molecule has 6 nitrogen and oxygen atoms in total. The molecule has 156 valence electrons. The molecule has 0 bridgehead atoms. The maximum absolute atomic E-state index is 12.5. The van der Waals surface area contributed by atoms with Crippen LogP contribution in [0.3, 0.4) is 0 Å². The zero-order valence-electron chi connectivity index (χ0n) is 17.0. The summed E-state index contributed by atoms with van der Waals surface area (Å²) in [6, 6.07) is 20.5. The minimum absolute atomic E-state index is 0.102. The predicted octanol–water partition coefficient (Wildman–Crippen LogP) is 4.51. The Bertz CT molecular complexity index is 1120. The Morgan fingerprint density at radius 2 is 1.47 bits per heavy atom. The number of carbonyl (C=O) groups excluding carboxylic acids is 1. The summed E-state index contributed by atoms with van der Waals surface area (Å²) in [5, 5.41) is 2.74. The number of benzene rings is 3. The number of anilines is 2. The molecule has 0 aliphatic rings. The molecule has 0 spiro atoms. The third-order valence-electron chi connectivity index (χ3n) is 4.50. The van der Waals surface area contributed by atoms with Crippen LogP contribution in [-0.2, 0) is 14.8 Å². The van der Waals surface area contributed by atoms with Crippen molar-refractivity contribution in [3.05, 3.63) is 83.9 Å². The number of aryl methyl sites for hydroxylation is 2. The summed E-state index contributed by atoms with van der Waals surface area (Å²) < 4.78 is 33.3. The third-order valence-corrected chi connectivity index (χ3v) is 5.90. The minimum Gasteiger partial charge on any atom is -0.481 e. The number of carbonyl (C=O) groups is 1. The second-order valence-electron chi connectivity index (χ2n) is 7.01. The standard InChI is InChI=1S/C23H24N2O4S/c1-16-8-10-20(11-9-16)25-30(27,28)21-14-12-19(13-15-21)24-23(26)18(3)29-22-7-5-4-6-17(22)2/h4-15,18,25H,1-3H3,(H,24,26). The van der Waals surface area contributed by atoms with Crippen molar-refractivity contribution in [3.63, 3.8) is 0 Å². The molecule has 0 saturated heterocycles. The smallest absolute Gasteiger partial charge is 0.265 e. The summed E-state index contributed by atoms with van der Waals surface area (Å²) in [6.45, 7) is 5.49.